The second-order valence-electron chi connectivity index (χ2n) is 5.91. The van der Waals surface area contributed by atoms with Crippen molar-refractivity contribution >= 4 is 11.3 Å². The Morgan fingerprint density at radius 1 is 1.18 bits per heavy atom. The summed E-state index contributed by atoms with van der Waals surface area (Å²) in [5.74, 6) is 0.622. The zero-order valence-corrected chi connectivity index (χ0v) is 11.6. The quantitative estimate of drug-likeness (QED) is 0.811. The molecule has 4 heteroatoms. The SMILES string of the molecule is Cc1nnc(C23CCC(C(C)C)(CC2)OC3)s1. The van der Waals surface area contributed by atoms with Crippen LogP contribution in [-0.4, -0.2) is 22.4 Å². The molecule has 0 N–H and O–H groups in total. The van der Waals surface area contributed by atoms with Crippen LogP contribution in [0.2, 0.25) is 0 Å². The van der Waals surface area contributed by atoms with E-state index < -0.39 is 0 Å². The molecule has 1 aromatic rings. The Kier molecular flexibility index (Phi) is 2.56. The Hall–Kier alpha value is -0.480. The first-order valence-electron chi connectivity index (χ1n) is 6.51. The summed E-state index contributed by atoms with van der Waals surface area (Å²) < 4.78 is 6.23. The number of aryl methyl sites for hydroxylation is 1. The van der Waals surface area contributed by atoms with E-state index >= 15 is 0 Å². The van der Waals surface area contributed by atoms with Gasteiger partial charge >= 0.3 is 0 Å². The Balaban J connectivity index is 1.86. The van der Waals surface area contributed by atoms with E-state index in [-0.39, 0.29) is 11.0 Å². The van der Waals surface area contributed by atoms with E-state index in [2.05, 4.69) is 24.0 Å². The molecular formula is C13H20N2OS. The number of hydrogen-bond donors (Lipinski definition) is 0. The minimum atomic E-state index is 0.154. The Labute approximate surface area is 107 Å². The smallest absolute Gasteiger partial charge is 0.125 e. The molecule has 3 heterocycles. The molecule has 0 aromatic carbocycles. The van der Waals surface area contributed by atoms with Crippen molar-refractivity contribution in [2.24, 2.45) is 5.92 Å². The van der Waals surface area contributed by atoms with Gasteiger partial charge in [0, 0.05) is 5.41 Å². The van der Waals surface area contributed by atoms with Gasteiger partial charge in [-0.2, -0.15) is 0 Å². The highest BCUT2D eigenvalue weighted by Crippen LogP contribution is 2.53. The minimum absolute atomic E-state index is 0.154. The van der Waals surface area contributed by atoms with Crippen molar-refractivity contribution in [2.75, 3.05) is 6.61 Å². The van der Waals surface area contributed by atoms with Gasteiger partial charge in [-0.25, -0.2) is 0 Å². The van der Waals surface area contributed by atoms with E-state index in [4.69, 9.17) is 4.74 Å². The maximum atomic E-state index is 6.23. The summed E-state index contributed by atoms with van der Waals surface area (Å²) in [6.07, 6.45) is 4.81. The third-order valence-electron chi connectivity index (χ3n) is 4.72. The van der Waals surface area contributed by atoms with Gasteiger partial charge in [0.05, 0.1) is 12.2 Å². The molecule has 0 unspecified atom stereocenters. The Bertz CT molecular complexity index is 402. The Morgan fingerprint density at radius 3 is 2.29 bits per heavy atom. The fourth-order valence-electron chi connectivity index (χ4n) is 3.25. The number of ether oxygens (including phenoxy) is 1. The number of fused-ring (bicyclic) bond motifs is 3. The number of nitrogens with zero attached hydrogens (tertiary/aromatic N) is 2. The third-order valence-corrected chi connectivity index (χ3v) is 5.81. The second kappa shape index (κ2) is 3.75. The van der Waals surface area contributed by atoms with Crippen LogP contribution >= 0.6 is 11.3 Å². The van der Waals surface area contributed by atoms with Gasteiger partial charge < -0.3 is 4.74 Å². The molecule has 3 nitrogen and oxygen atoms in total. The lowest BCUT2D eigenvalue weighted by atomic mass is 9.63. The largest absolute Gasteiger partial charge is 0.374 e. The lowest BCUT2D eigenvalue weighted by Gasteiger charge is -2.54. The molecule has 2 saturated heterocycles. The standard InChI is InChI=1S/C13H20N2OS/c1-9(2)13-6-4-12(5-7-13,8-16-13)11-15-14-10(3)17-11/h9H,4-8H2,1-3H3. The van der Waals surface area contributed by atoms with E-state index in [1.54, 1.807) is 11.3 Å². The van der Waals surface area contributed by atoms with Crippen molar-refractivity contribution < 1.29 is 4.74 Å². The zero-order chi connectivity index (χ0) is 12.1. The molecule has 1 aromatic heterocycles. The predicted octanol–water partition coefficient (Wildman–Crippen LogP) is 3.08. The molecule has 4 rings (SSSR count). The molecule has 1 saturated carbocycles. The normalized spacial score (nSPS) is 36.7. The molecule has 3 aliphatic rings. The van der Waals surface area contributed by atoms with Gasteiger partial charge in [0.15, 0.2) is 0 Å². The molecule has 94 valence electrons. The van der Waals surface area contributed by atoms with Gasteiger partial charge in [-0.1, -0.05) is 13.8 Å². The van der Waals surface area contributed by atoms with Gasteiger partial charge in [-0.3, -0.25) is 0 Å². The first kappa shape index (κ1) is 11.6. The average Bonchev–Trinajstić information content (AvgIpc) is 2.79. The van der Waals surface area contributed by atoms with E-state index in [9.17, 15) is 0 Å². The van der Waals surface area contributed by atoms with Crippen molar-refractivity contribution in [1.29, 1.82) is 0 Å². The maximum Gasteiger partial charge on any atom is 0.125 e. The molecule has 1 aliphatic carbocycles. The lowest BCUT2D eigenvalue weighted by molar-refractivity contribution is -0.179. The minimum Gasteiger partial charge on any atom is -0.374 e. The van der Waals surface area contributed by atoms with Crippen molar-refractivity contribution in [2.45, 2.75) is 57.5 Å². The van der Waals surface area contributed by atoms with Crippen LogP contribution < -0.4 is 0 Å². The molecule has 0 spiro atoms. The van der Waals surface area contributed by atoms with Gasteiger partial charge in [-0.15, -0.1) is 21.5 Å². The highest BCUT2D eigenvalue weighted by atomic mass is 32.1. The summed E-state index contributed by atoms with van der Waals surface area (Å²) in [6.45, 7) is 7.45. The first-order valence-corrected chi connectivity index (χ1v) is 7.33. The molecule has 2 bridgehead atoms. The molecular weight excluding hydrogens is 232 g/mol. The van der Waals surface area contributed by atoms with E-state index in [1.807, 2.05) is 6.92 Å². The Morgan fingerprint density at radius 2 is 1.88 bits per heavy atom. The number of aromatic nitrogens is 2. The van der Waals surface area contributed by atoms with Crippen molar-refractivity contribution in [1.82, 2.24) is 10.2 Å². The van der Waals surface area contributed by atoms with Gasteiger partial charge in [0.1, 0.15) is 10.0 Å². The molecule has 0 atom stereocenters. The van der Waals surface area contributed by atoms with E-state index in [0.29, 0.717) is 5.92 Å². The van der Waals surface area contributed by atoms with Crippen LogP contribution in [0.3, 0.4) is 0 Å². The van der Waals surface area contributed by atoms with Crippen LogP contribution in [0.1, 0.15) is 49.5 Å². The third kappa shape index (κ3) is 1.65. The van der Waals surface area contributed by atoms with Crippen LogP contribution in [0.25, 0.3) is 0 Å². The van der Waals surface area contributed by atoms with Crippen LogP contribution in [0.5, 0.6) is 0 Å². The van der Waals surface area contributed by atoms with Crippen molar-refractivity contribution in [3.63, 3.8) is 0 Å². The molecule has 17 heavy (non-hydrogen) atoms. The number of rotatable bonds is 2. The summed E-state index contributed by atoms with van der Waals surface area (Å²) in [4.78, 5) is 0. The second-order valence-corrected chi connectivity index (χ2v) is 7.10. The summed E-state index contributed by atoms with van der Waals surface area (Å²) in [5.41, 5.74) is 0.337. The van der Waals surface area contributed by atoms with Gasteiger partial charge in [0.2, 0.25) is 0 Å². The summed E-state index contributed by atoms with van der Waals surface area (Å²) in [5, 5.41) is 10.8. The van der Waals surface area contributed by atoms with Crippen LogP contribution in [0.4, 0.5) is 0 Å². The highest BCUT2D eigenvalue weighted by Gasteiger charge is 2.53. The zero-order valence-electron chi connectivity index (χ0n) is 10.8. The van der Waals surface area contributed by atoms with E-state index in [0.717, 1.165) is 11.6 Å². The number of hydrogen-bond acceptors (Lipinski definition) is 4. The fraction of sp³-hybridized carbons (Fsp3) is 0.846. The maximum absolute atomic E-state index is 6.23. The molecule has 0 radical (unpaired) electrons. The fourth-order valence-corrected chi connectivity index (χ4v) is 4.18. The van der Waals surface area contributed by atoms with E-state index in [1.165, 1.54) is 30.7 Å². The molecule has 0 amide bonds. The highest BCUT2D eigenvalue weighted by molar-refractivity contribution is 7.11. The first-order chi connectivity index (χ1) is 8.06. The summed E-state index contributed by atoms with van der Waals surface area (Å²) >= 11 is 1.75. The molecule has 2 aliphatic heterocycles. The lowest BCUT2D eigenvalue weighted by Crippen LogP contribution is -2.55. The topological polar surface area (TPSA) is 35.0 Å². The van der Waals surface area contributed by atoms with Crippen LogP contribution in [-0.2, 0) is 10.2 Å². The van der Waals surface area contributed by atoms with Crippen LogP contribution in [0, 0.1) is 12.8 Å². The predicted molar refractivity (Wildman–Crippen MR) is 68.3 cm³/mol. The summed E-state index contributed by atoms with van der Waals surface area (Å²) in [6, 6.07) is 0. The monoisotopic (exact) mass is 252 g/mol. The summed E-state index contributed by atoms with van der Waals surface area (Å²) in [7, 11) is 0. The molecule has 3 fully saturated rings. The van der Waals surface area contributed by atoms with Crippen LogP contribution in [0.15, 0.2) is 0 Å². The van der Waals surface area contributed by atoms with Gasteiger partial charge in [0.25, 0.3) is 0 Å². The average molecular weight is 252 g/mol. The van der Waals surface area contributed by atoms with Crippen molar-refractivity contribution in [3.05, 3.63) is 10.0 Å². The van der Waals surface area contributed by atoms with Gasteiger partial charge in [-0.05, 0) is 38.5 Å². The van der Waals surface area contributed by atoms with Crippen molar-refractivity contribution in [3.8, 4) is 0 Å².